The van der Waals surface area contributed by atoms with E-state index in [0.717, 1.165) is 17.7 Å². The Kier molecular flexibility index (Phi) is 5.50. The number of carbonyl (C=O) groups excluding carboxylic acids is 1. The number of aromatic nitrogens is 2. The van der Waals surface area contributed by atoms with E-state index < -0.39 is 11.1 Å². The summed E-state index contributed by atoms with van der Waals surface area (Å²) in [6, 6.07) is 21.0. The van der Waals surface area contributed by atoms with Crippen LogP contribution >= 0.6 is 11.8 Å². The molecule has 7 heteroatoms. The summed E-state index contributed by atoms with van der Waals surface area (Å²) >= 11 is 1.17. The van der Waals surface area contributed by atoms with Crippen molar-refractivity contribution in [2.45, 2.75) is 36.7 Å². The van der Waals surface area contributed by atoms with Crippen molar-refractivity contribution in [1.29, 1.82) is 0 Å². The standard InChI is InChI=1S/C26H22FN3O2S/c1-16-15-18-9-3-7-13-22(18)29(16)24(31)17(2)33-26-28-21-12-6-4-10-19(21)25(32)30(26)23-14-8-5-11-20(23)27/h3-14,16-17H,15H2,1-2H3/t16-,17+/m0/s1. The van der Waals surface area contributed by atoms with E-state index in [-0.39, 0.29) is 28.4 Å². The van der Waals surface area contributed by atoms with Crippen molar-refractivity contribution >= 4 is 34.3 Å². The molecule has 5 rings (SSSR count). The third-order valence-corrected chi connectivity index (χ3v) is 6.95. The number of rotatable bonds is 4. The van der Waals surface area contributed by atoms with Crippen LogP contribution in [0.1, 0.15) is 19.4 Å². The summed E-state index contributed by atoms with van der Waals surface area (Å²) in [5, 5.41) is 0.139. The molecule has 0 spiro atoms. The van der Waals surface area contributed by atoms with Gasteiger partial charge in [-0.3, -0.25) is 14.2 Å². The van der Waals surface area contributed by atoms with Crippen LogP contribution in [0.5, 0.6) is 0 Å². The van der Waals surface area contributed by atoms with Crippen molar-refractivity contribution in [1.82, 2.24) is 9.55 Å². The molecule has 1 amide bonds. The molecule has 2 heterocycles. The maximum Gasteiger partial charge on any atom is 0.266 e. The van der Waals surface area contributed by atoms with E-state index in [0.29, 0.717) is 10.9 Å². The first-order chi connectivity index (χ1) is 16.0. The molecule has 0 saturated heterocycles. The lowest BCUT2D eigenvalue weighted by Crippen LogP contribution is -2.40. The van der Waals surface area contributed by atoms with Gasteiger partial charge in [0, 0.05) is 11.7 Å². The van der Waals surface area contributed by atoms with Crippen LogP contribution in [0, 0.1) is 5.82 Å². The predicted molar refractivity (Wildman–Crippen MR) is 130 cm³/mol. The molecule has 1 aliphatic rings. The second-order valence-corrected chi connectivity index (χ2v) is 9.46. The summed E-state index contributed by atoms with van der Waals surface area (Å²) < 4.78 is 16.0. The summed E-state index contributed by atoms with van der Waals surface area (Å²) in [5.74, 6) is -0.598. The monoisotopic (exact) mass is 459 g/mol. The van der Waals surface area contributed by atoms with Gasteiger partial charge in [-0.2, -0.15) is 0 Å². The highest BCUT2D eigenvalue weighted by molar-refractivity contribution is 8.00. The Morgan fingerprint density at radius 3 is 2.48 bits per heavy atom. The number of carbonyl (C=O) groups is 1. The Morgan fingerprint density at radius 1 is 1.03 bits per heavy atom. The van der Waals surface area contributed by atoms with Crippen molar-refractivity contribution < 1.29 is 9.18 Å². The molecule has 0 saturated carbocycles. The largest absolute Gasteiger partial charge is 0.308 e. The minimum atomic E-state index is -0.537. The number of anilines is 1. The highest BCUT2D eigenvalue weighted by atomic mass is 32.2. The van der Waals surface area contributed by atoms with Gasteiger partial charge in [-0.05, 0) is 56.2 Å². The predicted octanol–water partition coefficient (Wildman–Crippen LogP) is 4.98. The topological polar surface area (TPSA) is 55.2 Å². The van der Waals surface area contributed by atoms with Gasteiger partial charge in [0.1, 0.15) is 5.82 Å². The fourth-order valence-corrected chi connectivity index (χ4v) is 5.31. The van der Waals surface area contributed by atoms with Crippen LogP contribution in [0.4, 0.5) is 10.1 Å². The van der Waals surface area contributed by atoms with Gasteiger partial charge in [-0.1, -0.05) is 54.2 Å². The van der Waals surface area contributed by atoms with Crippen LogP contribution in [0.2, 0.25) is 0 Å². The second-order valence-electron chi connectivity index (χ2n) is 8.15. The number of halogens is 1. The zero-order valence-corrected chi connectivity index (χ0v) is 19.1. The molecular formula is C26H22FN3O2S. The maximum absolute atomic E-state index is 14.7. The minimum absolute atomic E-state index is 0.0382. The Balaban J connectivity index is 1.58. The molecule has 33 heavy (non-hydrogen) atoms. The molecule has 1 aromatic heterocycles. The molecule has 0 N–H and O–H groups in total. The van der Waals surface area contributed by atoms with Crippen molar-refractivity contribution in [3.8, 4) is 5.69 Å². The Bertz CT molecular complexity index is 1430. The third-order valence-electron chi connectivity index (χ3n) is 5.91. The van der Waals surface area contributed by atoms with Gasteiger partial charge in [0.25, 0.3) is 5.56 Å². The van der Waals surface area contributed by atoms with E-state index in [1.807, 2.05) is 36.1 Å². The van der Waals surface area contributed by atoms with Crippen LogP contribution in [0.3, 0.4) is 0 Å². The molecular weight excluding hydrogens is 437 g/mol. The highest BCUT2D eigenvalue weighted by Gasteiger charge is 2.34. The average molecular weight is 460 g/mol. The van der Waals surface area contributed by atoms with E-state index in [1.165, 1.54) is 22.4 Å². The zero-order valence-electron chi connectivity index (χ0n) is 18.2. The van der Waals surface area contributed by atoms with E-state index in [1.54, 1.807) is 49.4 Å². The van der Waals surface area contributed by atoms with Crippen molar-refractivity contribution in [3.63, 3.8) is 0 Å². The molecule has 166 valence electrons. The quantitative estimate of drug-likeness (QED) is 0.319. The van der Waals surface area contributed by atoms with E-state index in [9.17, 15) is 14.0 Å². The lowest BCUT2D eigenvalue weighted by molar-refractivity contribution is -0.118. The first-order valence-electron chi connectivity index (χ1n) is 10.8. The molecule has 0 radical (unpaired) electrons. The van der Waals surface area contributed by atoms with E-state index >= 15 is 0 Å². The van der Waals surface area contributed by atoms with Gasteiger partial charge in [0.05, 0.1) is 21.8 Å². The number of para-hydroxylation sites is 3. The smallest absolute Gasteiger partial charge is 0.266 e. The number of thioether (sulfide) groups is 1. The van der Waals surface area contributed by atoms with Gasteiger partial charge in [0.2, 0.25) is 5.91 Å². The molecule has 0 bridgehead atoms. The van der Waals surface area contributed by atoms with Crippen molar-refractivity contribution in [2.24, 2.45) is 0 Å². The van der Waals surface area contributed by atoms with Crippen molar-refractivity contribution in [3.05, 3.63) is 94.5 Å². The van der Waals surface area contributed by atoms with Gasteiger partial charge in [-0.15, -0.1) is 0 Å². The molecule has 5 nitrogen and oxygen atoms in total. The third kappa shape index (κ3) is 3.72. The van der Waals surface area contributed by atoms with Crippen LogP contribution in [-0.4, -0.2) is 26.8 Å². The molecule has 3 aromatic carbocycles. The van der Waals surface area contributed by atoms with Gasteiger partial charge >= 0.3 is 0 Å². The SMILES string of the molecule is C[C@@H](Sc1nc2ccccc2c(=O)n1-c1ccccc1F)C(=O)N1c2ccccc2C[C@@H]1C. The Hall–Kier alpha value is -3.45. The lowest BCUT2D eigenvalue weighted by Gasteiger charge is -2.26. The lowest BCUT2D eigenvalue weighted by atomic mass is 10.1. The summed E-state index contributed by atoms with van der Waals surface area (Å²) in [4.78, 5) is 33.3. The Morgan fingerprint density at radius 2 is 1.70 bits per heavy atom. The summed E-state index contributed by atoms with van der Waals surface area (Å²) in [6.45, 7) is 3.83. The van der Waals surface area contributed by atoms with Gasteiger partial charge in [0.15, 0.2) is 5.16 Å². The van der Waals surface area contributed by atoms with Crippen LogP contribution in [-0.2, 0) is 11.2 Å². The highest BCUT2D eigenvalue weighted by Crippen LogP contribution is 2.35. The van der Waals surface area contributed by atoms with E-state index in [2.05, 4.69) is 4.98 Å². The normalized spacial score (nSPS) is 16.1. The second kappa shape index (κ2) is 8.48. The number of fused-ring (bicyclic) bond motifs is 2. The van der Waals surface area contributed by atoms with E-state index in [4.69, 9.17) is 0 Å². The summed E-state index contributed by atoms with van der Waals surface area (Å²) in [6.07, 6.45) is 0.799. The number of hydrogen-bond donors (Lipinski definition) is 0. The zero-order chi connectivity index (χ0) is 23.1. The number of nitrogens with zero attached hydrogens (tertiary/aromatic N) is 3. The molecule has 2 atom stereocenters. The molecule has 1 aliphatic heterocycles. The first kappa shape index (κ1) is 21.4. The fraction of sp³-hybridized carbons (Fsp3) is 0.192. The minimum Gasteiger partial charge on any atom is -0.308 e. The van der Waals surface area contributed by atoms with Crippen LogP contribution < -0.4 is 10.5 Å². The fourth-order valence-electron chi connectivity index (χ4n) is 4.34. The van der Waals surface area contributed by atoms with Crippen LogP contribution in [0.15, 0.2) is 82.7 Å². The number of benzene rings is 3. The molecule has 4 aromatic rings. The molecule has 0 fully saturated rings. The summed E-state index contributed by atoms with van der Waals surface area (Å²) in [7, 11) is 0. The Labute approximate surface area is 194 Å². The molecule has 0 aliphatic carbocycles. The van der Waals surface area contributed by atoms with Crippen molar-refractivity contribution in [2.75, 3.05) is 4.90 Å². The number of amides is 1. The maximum atomic E-state index is 14.7. The first-order valence-corrected chi connectivity index (χ1v) is 11.7. The van der Waals surface area contributed by atoms with Gasteiger partial charge < -0.3 is 4.90 Å². The number of hydrogen-bond acceptors (Lipinski definition) is 4. The van der Waals surface area contributed by atoms with Crippen LogP contribution in [0.25, 0.3) is 16.6 Å². The van der Waals surface area contributed by atoms with Gasteiger partial charge in [-0.25, -0.2) is 9.37 Å². The molecule has 0 unspecified atom stereocenters. The summed E-state index contributed by atoms with van der Waals surface area (Å²) in [5.41, 5.74) is 2.32. The average Bonchev–Trinajstić information content (AvgIpc) is 3.15.